The van der Waals surface area contributed by atoms with E-state index in [1.54, 1.807) is 42.5 Å². The van der Waals surface area contributed by atoms with Gasteiger partial charge < -0.3 is 15.7 Å². The lowest BCUT2D eigenvalue weighted by atomic mass is 9.96. The number of halogens is 1. The molecule has 0 saturated carbocycles. The molecule has 0 aliphatic heterocycles. The molecule has 1 heterocycles. The predicted molar refractivity (Wildman–Crippen MR) is 132 cm³/mol. The molecule has 0 radical (unpaired) electrons. The van der Waals surface area contributed by atoms with Crippen molar-refractivity contribution >= 4 is 44.4 Å². The van der Waals surface area contributed by atoms with Gasteiger partial charge >= 0.3 is 12.0 Å². The summed E-state index contributed by atoms with van der Waals surface area (Å²) in [6.45, 7) is 0.0621. The minimum absolute atomic E-state index is 0.0621. The van der Waals surface area contributed by atoms with Crippen molar-refractivity contribution in [2.75, 3.05) is 12.4 Å². The Hall–Kier alpha value is -3.91. The van der Waals surface area contributed by atoms with Crippen LogP contribution in [0.15, 0.2) is 82.1 Å². The number of rotatable bonds is 5. The van der Waals surface area contributed by atoms with Crippen molar-refractivity contribution < 1.29 is 14.7 Å². The fraction of sp³-hybridized carbons (Fsp3) is 0.0800. The van der Waals surface area contributed by atoms with Gasteiger partial charge in [0.25, 0.3) is 5.56 Å². The Balaban J connectivity index is 1.92. The summed E-state index contributed by atoms with van der Waals surface area (Å²) in [4.78, 5) is 37.4. The number of carboxylic acids is 1. The largest absolute Gasteiger partial charge is 0.477 e. The van der Waals surface area contributed by atoms with Crippen molar-refractivity contribution in [3.8, 4) is 11.1 Å². The molecule has 0 fully saturated rings. The first-order valence-electron chi connectivity index (χ1n) is 10.1. The van der Waals surface area contributed by atoms with Crippen LogP contribution in [0.5, 0.6) is 0 Å². The molecule has 8 heteroatoms. The Morgan fingerprint density at radius 3 is 2.30 bits per heavy atom. The fourth-order valence-corrected chi connectivity index (χ4v) is 4.12. The Kier molecular flexibility index (Phi) is 6.28. The number of pyridine rings is 1. The van der Waals surface area contributed by atoms with Crippen molar-refractivity contribution in [1.29, 1.82) is 0 Å². The number of urea groups is 1. The Bertz CT molecular complexity index is 1410. The van der Waals surface area contributed by atoms with E-state index in [1.807, 2.05) is 30.3 Å². The lowest BCUT2D eigenvalue weighted by Crippen LogP contribution is -2.28. The van der Waals surface area contributed by atoms with E-state index in [1.165, 1.54) is 11.6 Å². The number of hydrogen-bond acceptors (Lipinski definition) is 3. The molecule has 4 rings (SSSR count). The maximum atomic E-state index is 13.4. The number of fused-ring (bicyclic) bond motifs is 1. The van der Waals surface area contributed by atoms with Gasteiger partial charge in [0.05, 0.1) is 6.54 Å². The molecule has 0 aliphatic carbocycles. The van der Waals surface area contributed by atoms with E-state index in [2.05, 4.69) is 26.6 Å². The lowest BCUT2D eigenvalue weighted by Gasteiger charge is -2.18. The van der Waals surface area contributed by atoms with Gasteiger partial charge in [-0.25, -0.2) is 9.59 Å². The van der Waals surface area contributed by atoms with E-state index in [0.29, 0.717) is 27.6 Å². The number of carboxylic acid groups (broad SMARTS) is 1. The maximum absolute atomic E-state index is 13.4. The molecule has 0 spiro atoms. The second-order valence-corrected chi connectivity index (χ2v) is 8.29. The van der Waals surface area contributed by atoms with Gasteiger partial charge in [0, 0.05) is 28.2 Å². The third-order valence-corrected chi connectivity index (χ3v) is 5.77. The molecule has 4 aromatic rings. The van der Waals surface area contributed by atoms with Gasteiger partial charge in [-0.1, -0.05) is 58.4 Å². The third kappa shape index (κ3) is 4.51. The predicted octanol–water partition coefficient (Wildman–Crippen LogP) is 4.93. The number of carbonyl (C=O) groups is 2. The van der Waals surface area contributed by atoms with E-state index in [-0.39, 0.29) is 23.8 Å². The van der Waals surface area contributed by atoms with Crippen molar-refractivity contribution in [3.05, 3.63) is 98.9 Å². The minimum Gasteiger partial charge on any atom is -0.477 e. The third-order valence-electron chi connectivity index (χ3n) is 5.28. The summed E-state index contributed by atoms with van der Waals surface area (Å²) in [7, 11) is 1.52. The number of aromatic nitrogens is 1. The highest BCUT2D eigenvalue weighted by Gasteiger charge is 2.23. The number of aromatic carboxylic acids is 1. The smallest absolute Gasteiger partial charge is 0.353 e. The summed E-state index contributed by atoms with van der Waals surface area (Å²) in [5.41, 5.74) is 2.02. The van der Waals surface area contributed by atoms with Gasteiger partial charge in [-0.05, 0) is 46.8 Å². The Labute approximate surface area is 197 Å². The van der Waals surface area contributed by atoms with Crippen molar-refractivity contribution in [2.45, 2.75) is 6.54 Å². The average Bonchev–Trinajstić information content (AvgIpc) is 2.81. The summed E-state index contributed by atoms with van der Waals surface area (Å²) in [6.07, 6.45) is 0. The summed E-state index contributed by atoms with van der Waals surface area (Å²) in [5, 5.41) is 16.3. The number of amides is 2. The van der Waals surface area contributed by atoms with Crippen LogP contribution < -0.4 is 16.2 Å². The van der Waals surface area contributed by atoms with E-state index in [0.717, 1.165) is 10.0 Å². The van der Waals surface area contributed by atoms with Crippen LogP contribution in [0.1, 0.15) is 16.1 Å². The highest BCUT2D eigenvalue weighted by atomic mass is 79.9. The molecule has 0 unspecified atom stereocenters. The molecule has 7 nitrogen and oxygen atoms in total. The molecule has 2 amide bonds. The first kappa shape index (κ1) is 22.3. The molecule has 1 aromatic heterocycles. The van der Waals surface area contributed by atoms with Crippen LogP contribution in [0.3, 0.4) is 0 Å². The van der Waals surface area contributed by atoms with Gasteiger partial charge in [-0.15, -0.1) is 0 Å². The topological polar surface area (TPSA) is 100 Å². The number of hydrogen-bond donors (Lipinski definition) is 3. The molecule has 0 atom stereocenters. The van der Waals surface area contributed by atoms with E-state index in [9.17, 15) is 19.5 Å². The molecular formula is C25H20BrN3O4. The standard InChI is InChI=1S/C25H20BrN3O4/c1-27-25(33)28-18-10-7-15(8-11-18)14-29-22(24(31)32)21(16-5-3-2-4-6-16)20-13-17(26)9-12-19(20)23(29)30/h2-13H,14H2,1H3,(H,31,32)(H2,27,28,33). The number of nitrogens with zero attached hydrogens (tertiary/aromatic N) is 1. The highest BCUT2D eigenvalue weighted by Crippen LogP contribution is 2.32. The van der Waals surface area contributed by atoms with Crippen LogP contribution >= 0.6 is 15.9 Å². The molecule has 0 saturated heterocycles. The Morgan fingerprint density at radius 1 is 0.970 bits per heavy atom. The summed E-state index contributed by atoms with van der Waals surface area (Å²) in [5.74, 6) is -1.19. The van der Waals surface area contributed by atoms with Crippen molar-refractivity contribution in [3.63, 3.8) is 0 Å². The summed E-state index contributed by atoms with van der Waals surface area (Å²) >= 11 is 3.44. The lowest BCUT2D eigenvalue weighted by molar-refractivity contribution is 0.0685. The quantitative estimate of drug-likeness (QED) is 0.358. The van der Waals surface area contributed by atoms with Crippen LogP contribution in [0.4, 0.5) is 10.5 Å². The van der Waals surface area contributed by atoms with Crippen LogP contribution in [0, 0.1) is 0 Å². The normalized spacial score (nSPS) is 10.7. The van der Waals surface area contributed by atoms with Crippen molar-refractivity contribution in [1.82, 2.24) is 9.88 Å². The van der Waals surface area contributed by atoms with E-state index >= 15 is 0 Å². The monoisotopic (exact) mass is 505 g/mol. The fourth-order valence-electron chi connectivity index (χ4n) is 3.76. The Morgan fingerprint density at radius 2 is 1.67 bits per heavy atom. The minimum atomic E-state index is -1.19. The number of benzene rings is 3. The van der Waals surface area contributed by atoms with E-state index in [4.69, 9.17) is 0 Å². The van der Waals surface area contributed by atoms with Crippen LogP contribution in [-0.2, 0) is 6.54 Å². The zero-order chi connectivity index (χ0) is 23.5. The van der Waals surface area contributed by atoms with Crippen molar-refractivity contribution in [2.24, 2.45) is 0 Å². The second kappa shape index (κ2) is 9.30. The van der Waals surface area contributed by atoms with Crippen LogP contribution in [0.2, 0.25) is 0 Å². The maximum Gasteiger partial charge on any atom is 0.353 e. The van der Waals surface area contributed by atoms with E-state index < -0.39 is 5.97 Å². The highest BCUT2D eigenvalue weighted by molar-refractivity contribution is 9.10. The first-order chi connectivity index (χ1) is 15.9. The molecule has 0 aliphatic rings. The second-order valence-electron chi connectivity index (χ2n) is 7.38. The first-order valence-corrected chi connectivity index (χ1v) is 10.9. The molecule has 166 valence electrons. The zero-order valence-electron chi connectivity index (χ0n) is 17.6. The van der Waals surface area contributed by atoms with Gasteiger partial charge in [0.15, 0.2) is 0 Å². The zero-order valence-corrected chi connectivity index (χ0v) is 19.2. The van der Waals surface area contributed by atoms with Crippen LogP contribution in [-0.4, -0.2) is 28.7 Å². The van der Waals surface area contributed by atoms with Crippen LogP contribution in [0.25, 0.3) is 21.9 Å². The van der Waals surface area contributed by atoms with Gasteiger partial charge in [-0.3, -0.25) is 9.36 Å². The summed E-state index contributed by atoms with van der Waals surface area (Å²) in [6, 6.07) is 21.0. The molecule has 33 heavy (non-hydrogen) atoms. The number of nitrogens with one attached hydrogen (secondary N) is 2. The van der Waals surface area contributed by atoms with Gasteiger partial charge in [-0.2, -0.15) is 0 Å². The number of anilines is 1. The van der Waals surface area contributed by atoms with Gasteiger partial charge in [0.1, 0.15) is 5.69 Å². The molecule has 0 bridgehead atoms. The molecule has 3 N–H and O–H groups in total. The molecular weight excluding hydrogens is 486 g/mol. The average molecular weight is 506 g/mol. The number of carbonyl (C=O) groups excluding carboxylic acids is 1. The SMILES string of the molecule is CNC(=O)Nc1ccc(Cn2c(C(=O)O)c(-c3ccccc3)c3cc(Br)ccc3c2=O)cc1. The summed E-state index contributed by atoms with van der Waals surface area (Å²) < 4.78 is 2.04. The molecule has 3 aromatic carbocycles. The van der Waals surface area contributed by atoms with Gasteiger partial charge in [0.2, 0.25) is 0 Å².